The molecule has 2 heterocycles. The molecule has 5 rings (SSSR count). The molecule has 2 aliphatic heterocycles. The topological polar surface area (TPSA) is 49.8 Å². The smallest absolute Gasteiger partial charge is 0.237 e. The van der Waals surface area contributed by atoms with E-state index < -0.39 is 17.6 Å². The predicted octanol–water partition coefficient (Wildman–Crippen LogP) is 4.67. The van der Waals surface area contributed by atoms with Gasteiger partial charge in [0.05, 0.1) is 18.2 Å². The van der Waals surface area contributed by atoms with Crippen molar-refractivity contribution in [2.75, 3.05) is 0 Å². The van der Waals surface area contributed by atoms with Crippen molar-refractivity contribution in [3.05, 3.63) is 108 Å². The molecule has 3 aromatic carbocycles. The van der Waals surface area contributed by atoms with E-state index in [0.29, 0.717) is 13.0 Å². The summed E-state index contributed by atoms with van der Waals surface area (Å²) in [5.74, 6) is -0.0393. The minimum Gasteiger partial charge on any atom is -0.389 e. The van der Waals surface area contributed by atoms with Gasteiger partial charge in [0.2, 0.25) is 5.91 Å². The van der Waals surface area contributed by atoms with Gasteiger partial charge in [0.1, 0.15) is 11.5 Å². The van der Waals surface area contributed by atoms with Gasteiger partial charge >= 0.3 is 0 Å². The van der Waals surface area contributed by atoms with Crippen molar-refractivity contribution in [1.82, 2.24) is 4.90 Å². The maximum Gasteiger partial charge on any atom is 0.237 e. The van der Waals surface area contributed by atoms with Gasteiger partial charge in [-0.2, -0.15) is 0 Å². The van der Waals surface area contributed by atoms with Crippen molar-refractivity contribution in [1.29, 1.82) is 0 Å². The predicted molar refractivity (Wildman–Crippen MR) is 119 cm³/mol. The van der Waals surface area contributed by atoms with E-state index in [4.69, 9.17) is 4.74 Å². The molecule has 0 aromatic heterocycles. The Labute approximate surface area is 183 Å². The summed E-state index contributed by atoms with van der Waals surface area (Å²) in [4.78, 5) is 15.8. The Bertz CT molecular complexity index is 1040. The molecule has 1 N–H and O–H groups in total. The number of hydrogen-bond donors (Lipinski definition) is 1. The first-order chi connectivity index (χ1) is 15.2. The maximum atomic E-state index is 13.9. The Morgan fingerprint density at radius 2 is 1.42 bits per heavy atom. The lowest BCUT2D eigenvalue weighted by Gasteiger charge is -2.57. The number of aliphatic hydroxyl groups is 1. The summed E-state index contributed by atoms with van der Waals surface area (Å²) >= 11 is 0. The van der Waals surface area contributed by atoms with Gasteiger partial charge in [0, 0.05) is 6.54 Å². The first-order valence-electron chi connectivity index (χ1n) is 11.0. The minimum atomic E-state index is -1.03. The number of ether oxygens (including phenoxy) is 1. The van der Waals surface area contributed by atoms with Gasteiger partial charge in [-0.1, -0.05) is 97.9 Å². The molecular weight excluding hydrogens is 386 g/mol. The maximum absolute atomic E-state index is 13.9. The SMILES string of the molecule is CC[C@H]1O[C@H](c2ccccc2)C2(C(=O)N(Cc3ccccc3)[C@@H]2c2ccccc2)[C@@H]1O. The summed E-state index contributed by atoms with van der Waals surface area (Å²) < 4.78 is 6.39. The van der Waals surface area contributed by atoms with E-state index in [-0.39, 0.29) is 18.1 Å². The monoisotopic (exact) mass is 413 g/mol. The van der Waals surface area contributed by atoms with Crippen LogP contribution < -0.4 is 0 Å². The van der Waals surface area contributed by atoms with Gasteiger partial charge in [0.25, 0.3) is 0 Å². The van der Waals surface area contributed by atoms with E-state index in [1.165, 1.54) is 0 Å². The van der Waals surface area contributed by atoms with E-state index in [1.807, 2.05) is 103 Å². The average Bonchev–Trinajstić information content (AvgIpc) is 3.14. The fourth-order valence-corrected chi connectivity index (χ4v) is 5.38. The van der Waals surface area contributed by atoms with Crippen molar-refractivity contribution < 1.29 is 14.6 Å². The quantitative estimate of drug-likeness (QED) is 0.619. The normalized spacial score (nSPS) is 29.9. The number of amides is 1. The Balaban J connectivity index is 1.63. The van der Waals surface area contributed by atoms with Crippen molar-refractivity contribution in [2.24, 2.45) is 5.41 Å². The Morgan fingerprint density at radius 3 is 2.00 bits per heavy atom. The van der Waals surface area contributed by atoms with Crippen LogP contribution in [0.3, 0.4) is 0 Å². The van der Waals surface area contributed by atoms with Gasteiger partial charge in [-0.25, -0.2) is 0 Å². The van der Waals surface area contributed by atoms with Crippen LogP contribution in [-0.4, -0.2) is 28.1 Å². The third-order valence-electron chi connectivity index (χ3n) is 6.80. The molecule has 5 atom stereocenters. The van der Waals surface area contributed by atoms with Crippen molar-refractivity contribution >= 4 is 5.91 Å². The fourth-order valence-electron chi connectivity index (χ4n) is 5.38. The van der Waals surface area contributed by atoms with Crippen LogP contribution in [0.2, 0.25) is 0 Å². The number of nitrogens with zero attached hydrogens (tertiary/aromatic N) is 1. The second-order valence-corrected chi connectivity index (χ2v) is 8.48. The summed E-state index contributed by atoms with van der Waals surface area (Å²) in [6, 6.07) is 29.7. The van der Waals surface area contributed by atoms with Gasteiger partial charge in [-0.15, -0.1) is 0 Å². The molecule has 3 aromatic rings. The molecule has 0 radical (unpaired) electrons. The summed E-state index contributed by atoms with van der Waals surface area (Å²) in [5.41, 5.74) is 2.01. The molecule has 4 nitrogen and oxygen atoms in total. The zero-order chi connectivity index (χ0) is 21.4. The van der Waals surface area contributed by atoms with Gasteiger partial charge < -0.3 is 14.7 Å². The number of likely N-dealkylation sites (tertiary alicyclic amines) is 1. The highest BCUT2D eigenvalue weighted by Gasteiger charge is 2.73. The fraction of sp³-hybridized carbons (Fsp3) is 0.296. The third kappa shape index (κ3) is 3.01. The summed E-state index contributed by atoms with van der Waals surface area (Å²) in [6.07, 6.45) is -1.08. The van der Waals surface area contributed by atoms with Crippen LogP contribution in [0, 0.1) is 5.41 Å². The lowest BCUT2D eigenvalue weighted by atomic mass is 9.60. The Hall–Kier alpha value is -2.95. The number of carbonyl (C=O) groups is 1. The van der Waals surface area contributed by atoms with Crippen molar-refractivity contribution in [3.63, 3.8) is 0 Å². The van der Waals surface area contributed by atoms with Crippen LogP contribution in [0.25, 0.3) is 0 Å². The van der Waals surface area contributed by atoms with E-state index >= 15 is 0 Å². The zero-order valence-electron chi connectivity index (χ0n) is 17.6. The molecule has 2 fully saturated rings. The van der Waals surface area contributed by atoms with Crippen LogP contribution in [0.4, 0.5) is 0 Å². The number of hydrogen-bond acceptors (Lipinski definition) is 3. The van der Waals surface area contributed by atoms with Crippen molar-refractivity contribution in [2.45, 2.75) is 44.2 Å². The van der Waals surface area contributed by atoms with Crippen molar-refractivity contribution in [3.8, 4) is 0 Å². The van der Waals surface area contributed by atoms with E-state index in [2.05, 4.69) is 0 Å². The Kier molecular flexibility index (Phi) is 5.12. The number of carbonyl (C=O) groups excluding carboxylic acids is 1. The third-order valence-corrected chi connectivity index (χ3v) is 6.80. The molecule has 2 saturated heterocycles. The molecular formula is C27H27NO3. The molecule has 158 valence electrons. The van der Waals surface area contributed by atoms with Crippen LogP contribution in [-0.2, 0) is 16.1 Å². The molecule has 1 unspecified atom stereocenters. The summed E-state index contributed by atoms with van der Waals surface area (Å²) in [6.45, 7) is 2.50. The standard InChI is InChI=1S/C27H27NO3/c1-2-22-24(29)27(25(31-22)21-16-10-5-11-17-21)23(20-14-8-4-9-15-20)28(26(27)30)18-19-12-6-3-7-13-19/h3-17,22-25,29H,2,18H2,1H3/t22-,23-,24-,25-,27?/m1/s1. The highest BCUT2D eigenvalue weighted by molar-refractivity contribution is 5.93. The second-order valence-electron chi connectivity index (χ2n) is 8.48. The minimum absolute atomic E-state index is 0.0393. The highest BCUT2D eigenvalue weighted by atomic mass is 16.5. The highest BCUT2D eigenvalue weighted by Crippen LogP contribution is 2.64. The number of β-lactam (4-membered cyclic amide) rings is 1. The largest absolute Gasteiger partial charge is 0.389 e. The molecule has 2 aliphatic rings. The van der Waals surface area contributed by atoms with Gasteiger partial charge in [-0.05, 0) is 23.1 Å². The Morgan fingerprint density at radius 1 is 0.871 bits per heavy atom. The van der Waals surface area contributed by atoms with E-state index in [0.717, 1.165) is 16.7 Å². The molecule has 0 aliphatic carbocycles. The second kappa shape index (κ2) is 7.95. The lowest BCUT2D eigenvalue weighted by molar-refractivity contribution is -0.194. The van der Waals surface area contributed by atoms with Gasteiger partial charge in [0.15, 0.2) is 0 Å². The van der Waals surface area contributed by atoms with Crippen LogP contribution >= 0.6 is 0 Å². The molecule has 0 bridgehead atoms. The molecule has 31 heavy (non-hydrogen) atoms. The molecule has 1 amide bonds. The summed E-state index contributed by atoms with van der Waals surface area (Å²) in [7, 11) is 0. The number of aliphatic hydroxyl groups excluding tert-OH is 1. The summed E-state index contributed by atoms with van der Waals surface area (Å²) in [5, 5.41) is 11.5. The van der Waals surface area contributed by atoms with Crippen LogP contribution in [0.1, 0.15) is 42.2 Å². The van der Waals surface area contributed by atoms with Crippen LogP contribution in [0.5, 0.6) is 0 Å². The lowest BCUT2D eigenvalue weighted by Crippen LogP contribution is -2.68. The first kappa shape index (κ1) is 20.0. The molecule has 0 saturated carbocycles. The van der Waals surface area contributed by atoms with E-state index in [1.54, 1.807) is 0 Å². The first-order valence-corrected chi connectivity index (χ1v) is 11.0. The van der Waals surface area contributed by atoms with E-state index in [9.17, 15) is 9.90 Å². The van der Waals surface area contributed by atoms with Gasteiger partial charge in [-0.3, -0.25) is 4.79 Å². The van der Waals surface area contributed by atoms with Crippen LogP contribution in [0.15, 0.2) is 91.0 Å². The number of rotatable bonds is 5. The average molecular weight is 414 g/mol. The number of benzene rings is 3. The molecule has 1 spiro atoms. The zero-order valence-corrected chi connectivity index (χ0v) is 17.6. The molecule has 4 heteroatoms.